The van der Waals surface area contributed by atoms with E-state index in [1.165, 1.54) is 6.07 Å². The summed E-state index contributed by atoms with van der Waals surface area (Å²) in [6.07, 6.45) is 0.941. The third-order valence-corrected chi connectivity index (χ3v) is 3.73. The Balaban J connectivity index is 3.15. The van der Waals surface area contributed by atoms with Crippen molar-refractivity contribution in [3.63, 3.8) is 0 Å². The molecule has 126 valence electrons. The Labute approximate surface area is 131 Å². The van der Waals surface area contributed by atoms with Gasteiger partial charge < -0.3 is 19.9 Å². The van der Waals surface area contributed by atoms with Gasteiger partial charge in [-0.25, -0.2) is 0 Å². The predicted octanol–water partition coefficient (Wildman–Crippen LogP) is 0.695. The summed E-state index contributed by atoms with van der Waals surface area (Å²) >= 11 is 0. The fourth-order valence-corrected chi connectivity index (χ4v) is 2.44. The Morgan fingerprint density at radius 2 is 1.82 bits per heavy atom. The highest BCUT2D eigenvalue weighted by Crippen LogP contribution is 2.18. The molecule has 1 aromatic rings. The molecule has 1 heterocycles. The van der Waals surface area contributed by atoms with Crippen molar-refractivity contribution in [2.75, 3.05) is 26.3 Å². The minimum atomic E-state index is -0.388. The fraction of sp³-hybridized carbons (Fsp3) is 0.688. The molecule has 0 amide bonds. The normalized spacial score (nSPS) is 11.6. The quantitative estimate of drug-likeness (QED) is 0.625. The molecule has 0 aromatic carbocycles. The predicted molar refractivity (Wildman–Crippen MR) is 86.0 cm³/mol. The van der Waals surface area contributed by atoms with Gasteiger partial charge in [-0.1, -0.05) is 13.8 Å². The number of aliphatic hydroxyl groups excluding tert-OH is 2. The lowest BCUT2D eigenvalue weighted by Crippen LogP contribution is -2.32. The molecule has 0 saturated heterocycles. The average molecular weight is 312 g/mol. The van der Waals surface area contributed by atoms with Gasteiger partial charge in [0.05, 0.1) is 18.9 Å². The van der Waals surface area contributed by atoms with Gasteiger partial charge in [0, 0.05) is 37.9 Å². The summed E-state index contributed by atoms with van der Waals surface area (Å²) < 4.78 is 1.96. The van der Waals surface area contributed by atoms with Gasteiger partial charge in [-0.15, -0.1) is 0 Å². The first-order chi connectivity index (χ1) is 10.4. The number of nitrogens with zero attached hydrogens (tertiary/aromatic N) is 2. The Bertz CT molecular complexity index is 520. The zero-order valence-corrected chi connectivity index (χ0v) is 13.7. The number of aliphatic hydroxyl groups is 2. The maximum Gasteiger partial charge on any atom is 0.223 e. The first-order valence-corrected chi connectivity index (χ1v) is 7.77. The van der Waals surface area contributed by atoms with Crippen molar-refractivity contribution in [2.45, 2.75) is 40.3 Å². The summed E-state index contributed by atoms with van der Waals surface area (Å²) in [5, 5.41) is 28.4. The number of aromatic hydroxyl groups is 1. The molecular formula is C16H28N2O4. The Morgan fingerprint density at radius 1 is 1.23 bits per heavy atom. The van der Waals surface area contributed by atoms with Crippen molar-refractivity contribution in [2.24, 2.45) is 5.92 Å². The summed E-state index contributed by atoms with van der Waals surface area (Å²) in [5.41, 5.74) is 0.972. The smallest absolute Gasteiger partial charge is 0.223 e. The Hall–Kier alpha value is -1.37. The maximum atomic E-state index is 11.9. The maximum absolute atomic E-state index is 11.9. The lowest BCUT2D eigenvalue weighted by molar-refractivity contribution is 0.151. The molecule has 0 radical (unpaired) electrons. The van der Waals surface area contributed by atoms with E-state index in [2.05, 4.69) is 13.8 Å². The highest BCUT2D eigenvalue weighted by molar-refractivity contribution is 5.29. The van der Waals surface area contributed by atoms with E-state index in [-0.39, 0.29) is 24.4 Å². The van der Waals surface area contributed by atoms with Gasteiger partial charge in [0.25, 0.3) is 0 Å². The van der Waals surface area contributed by atoms with Crippen LogP contribution in [0.15, 0.2) is 10.9 Å². The summed E-state index contributed by atoms with van der Waals surface area (Å²) in [5.74, 6) is 0.273. The number of hydrogen-bond donors (Lipinski definition) is 3. The standard InChI is InChI=1S/C16H28N2O4/c1-12(2)4-5-18-13(3)10-15(21)16(22)14(18)11-17(6-8-19)7-9-20/h10,12,19-20,22H,4-9,11H2,1-3H3. The molecular weight excluding hydrogens is 284 g/mol. The highest BCUT2D eigenvalue weighted by Gasteiger charge is 2.16. The molecule has 1 rings (SSSR count). The zero-order chi connectivity index (χ0) is 16.7. The van der Waals surface area contributed by atoms with Crippen molar-refractivity contribution < 1.29 is 15.3 Å². The van der Waals surface area contributed by atoms with Gasteiger partial charge in [0.2, 0.25) is 5.43 Å². The van der Waals surface area contributed by atoms with Gasteiger partial charge in [0.15, 0.2) is 5.75 Å². The second-order valence-electron chi connectivity index (χ2n) is 6.00. The summed E-state index contributed by atoms with van der Waals surface area (Å²) in [6.45, 7) is 7.83. The van der Waals surface area contributed by atoms with Crippen molar-refractivity contribution in [3.8, 4) is 5.75 Å². The molecule has 1 aromatic heterocycles. The van der Waals surface area contributed by atoms with E-state index in [1.807, 2.05) is 16.4 Å². The van der Waals surface area contributed by atoms with E-state index in [0.29, 0.717) is 31.2 Å². The molecule has 0 unspecified atom stereocenters. The minimum absolute atomic E-state index is 0.0389. The number of pyridine rings is 1. The second-order valence-corrected chi connectivity index (χ2v) is 6.00. The summed E-state index contributed by atoms with van der Waals surface area (Å²) in [6, 6.07) is 1.45. The van der Waals surface area contributed by atoms with Crippen LogP contribution in [0.25, 0.3) is 0 Å². The van der Waals surface area contributed by atoms with Crippen LogP contribution >= 0.6 is 0 Å². The van der Waals surface area contributed by atoms with Crippen LogP contribution in [0.2, 0.25) is 0 Å². The molecule has 3 N–H and O–H groups in total. The molecule has 0 aliphatic rings. The van der Waals surface area contributed by atoms with Crippen LogP contribution < -0.4 is 5.43 Å². The highest BCUT2D eigenvalue weighted by atomic mass is 16.3. The van der Waals surface area contributed by atoms with E-state index in [9.17, 15) is 9.90 Å². The van der Waals surface area contributed by atoms with E-state index < -0.39 is 0 Å². The third-order valence-electron chi connectivity index (χ3n) is 3.73. The number of aromatic nitrogens is 1. The van der Waals surface area contributed by atoms with Crippen LogP contribution in [0.5, 0.6) is 5.75 Å². The molecule has 0 spiro atoms. The van der Waals surface area contributed by atoms with Crippen molar-refractivity contribution in [1.82, 2.24) is 9.47 Å². The SMILES string of the molecule is Cc1cc(=O)c(O)c(CN(CCO)CCO)n1CCC(C)C. The largest absolute Gasteiger partial charge is 0.503 e. The fourth-order valence-electron chi connectivity index (χ4n) is 2.44. The molecule has 22 heavy (non-hydrogen) atoms. The summed E-state index contributed by atoms with van der Waals surface area (Å²) in [4.78, 5) is 13.7. The van der Waals surface area contributed by atoms with E-state index in [4.69, 9.17) is 10.2 Å². The van der Waals surface area contributed by atoms with Gasteiger partial charge in [-0.2, -0.15) is 0 Å². The molecule has 0 fully saturated rings. The van der Waals surface area contributed by atoms with Crippen molar-refractivity contribution in [3.05, 3.63) is 27.7 Å². The molecule has 0 atom stereocenters. The number of hydrogen-bond acceptors (Lipinski definition) is 5. The van der Waals surface area contributed by atoms with Crippen LogP contribution in [0.3, 0.4) is 0 Å². The van der Waals surface area contributed by atoms with Gasteiger partial charge in [-0.3, -0.25) is 9.69 Å². The minimum Gasteiger partial charge on any atom is -0.503 e. The lowest BCUT2D eigenvalue weighted by atomic mass is 10.1. The summed E-state index contributed by atoms with van der Waals surface area (Å²) in [7, 11) is 0. The zero-order valence-electron chi connectivity index (χ0n) is 13.7. The van der Waals surface area contributed by atoms with E-state index >= 15 is 0 Å². The van der Waals surface area contributed by atoms with Crippen LogP contribution in [0.1, 0.15) is 31.7 Å². The Morgan fingerprint density at radius 3 is 2.32 bits per heavy atom. The molecule has 0 bridgehead atoms. The van der Waals surface area contributed by atoms with E-state index in [0.717, 1.165) is 18.7 Å². The van der Waals surface area contributed by atoms with Crippen LogP contribution in [-0.2, 0) is 13.1 Å². The first kappa shape index (κ1) is 18.7. The second kappa shape index (κ2) is 8.92. The molecule has 0 aliphatic heterocycles. The monoisotopic (exact) mass is 312 g/mol. The van der Waals surface area contributed by atoms with Gasteiger partial charge >= 0.3 is 0 Å². The number of rotatable bonds is 9. The van der Waals surface area contributed by atoms with Crippen molar-refractivity contribution in [1.29, 1.82) is 0 Å². The number of aryl methyl sites for hydroxylation is 1. The van der Waals surface area contributed by atoms with E-state index in [1.54, 1.807) is 0 Å². The molecule has 6 heteroatoms. The molecule has 0 saturated carbocycles. The van der Waals surface area contributed by atoms with Crippen LogP contribution in [0.4, 0.5) is 0 Å². The van der Waals surface area contributed by atoms with Gasteiger partial charge in [-0.05, 0) is 19.3 Å². The molecule has 6 nitrogen and oxygen atoms in total. The first-order valence-electron chi connectivity index (χ1n) is 7.77. The van der Waals surface area contributed by atoms with Crippen LogP contribution in [0, 0.1) is 12.8 Å². The average Bonchev–Trinajstić information content (AvgIpc) is 2.44. The third kappa shape index (κ3) is 5.12. The Kier molecular flexibility index (Phi) is 7.58. The van der Waals surface area contributed by atoms with Crippen molar-refractivity contribution >= 4 is 0 Å². The topological polar surface area (TPSA) is 85.9 Å². The lowest BCUT2D eigenvalue weighted by Gasteiger charge is -2.25. The van der Waals surface area contributed by atoms with Gasteiger partial charge in [0.1, 0.15) is 0 Å². The van der Waals surface area contributed by atoms with Crippen LogP contribution in [-0.4, -0.2) is 51.1 Å². The molecule has 0 aliphatic carbocycles.